The Labute approximate surface area is 421 Å². The van der Waals surface area contributed by atoms with Gasteiger partial charge in [0.05, 0.1) is 25.2 Å². The third-order valence-corrected chi connectivity index (χ3v) is 14.1. The number of pyridine rings is 1. The lowest BCUT2D eigenvalue weighted by Crippen LogP contribution is -2.71. The van der Waals surface area contributed by atoms with Crippen molar-refractivity contribution in [1.29, 1.82) is 0 Å². The van der Waals surface area contributed by atoms with Gasteiger partial charge in [-0.25, -0.2) is 4.90 Å². The molecule has 0 radical (unpaired) electrons. The first-order chi connectivity index (χ1) is 37.5. The second-order valence-electron chi connectivity index (χ2n) is 22.3. The minimum Gasteiger partial charge on any atom is -0.410 e. The SMILES string of the molecule is [2H]c1c([2H])c(C([2H])([2H])[2H])c([2H])c([2H])c1-c1c([2H])c([2H])[n+]2c(c1[2H])-c1cc(C(C)(C)C)cc3c1C21Oc2c(cc(C(C)(C)C)cc2C(C)(C)C)C2N(c4ccc(-c5cc(C([2H])(C)C)cc(C([2H])(C)C)c5)cc4C([2H])([2H])[2H])c4cccc-3c4N21. The molecular weight excluding hydrogens is 815 g/mol. The molecule has 0 amide bonds. The van der Waals surface area contributed by atoms with Crippen molar-refractivity contribution in [3.8, 4) is 50.4 Å². The Hall–Kier alpha value is -6.13. The van der Waals surface area contributed by atoms with Gasteiger partial charge in [0.15, 0.2) is 6.17 Å². The maximum Gasteiger partial charge on any atom is 0.432 e. The molecule has 4 heteroatoms. The highest BCUT2D eigenvalue weighted by Crippen LogP contribution is 2.68. The highest BCUT2D eigenvalue weighted by atomic mass is 16.5. The third-order valence-electron chi connectivity index (χ3n) is 14.1. The fourth-order valence-electron chi connectivity index (χ4n) is 10.5. The van der Waals surface area contributed by atoms with Crippen molar-refractivity contribution in [3.05, 3.63) is 171 Å². The van der Waals surface area contributed by atoms with Gasteiger partial charge in [0.25, 0.3) is 0 Å². The lowest BCUT2D eigenvalue weighted by molar-refractivity contribution is -0.774. The fourth-order valence-corrected chi connectivity index (χ4v) is 10.5. The van der Waals surface area contributed by atoms with E-state index in [0.717, 1.165) is 22.3 Å². The normalized spacial score (nSPS) is 21.6. The molecule has 0 N–H and O–H groups in total. The molecule has 4 aliphatic rings. The van der Waals surface area contributed by atoms with Gasteiger partial charge >= 0.3 is 5.85 Å². The highest BCUT2D eigenvalue weighted by molar-refractivity contribution is 6.02. The van der Waals surface area contributed by atoms with Crippen molar-refractivity contribution >= 4 is 17.1 Å². The maximum atomic E-state index is 10.4. The number of hydrogen-bond donors (Lipinski definition) is 0. The van der Waals surface area contributed by atoms with E-state index >= 15 is 0 Å². The van der Waals surface area contributed by atoms with E-state index in [-0.39, 0.29) is 16.8 Å². The van der Waals surface area contributed by atoms with Crippen LogP contribution in [0.15, 0.2) is 121 Å². The number of para-hydroxylation sites is 1. The molecular formula is C63H68N3O+. The standard InChI is InChI=1S/C63H68N3O/c1-36(2)43-28-44(37(3)4)30-45(29-43)41-23-24-53(39(6)27-41)65-54-18-16-17-48-49-32-46(60(7,8)9)33-50-55-31-42(40-21-19-38(5)20-22-40)25-26-64(55)63(56(49)50)66(57(48)54)59(65)51-34-47(61(10,11)12)35-52(58(51)67-63)62(13,14)15/h16-37,59H,1-15H3/q+1/i5D3,6D3,19D,20D,21D,22D,25D,26D,31D,36D,37D. The summed E-state index contributed by atoms with van der Waals surface area (Å²) < 4.78 is 147. The zero-order chi connectivity index (χ0) is 60.4. The molecule has 11 rings (SSSR count). The van der Waals surface area contributed by atoms with Crippen LogP contribution in [0.25, 0.3) is 44.6 Å². The van der Waals surface area contributed by atoms with Crippen LogP contribution in [0, 0.1) is 13.7 Å². The molecule has 2 unspecified atom stereocenters. The van der Waals surface area contributed by atoms with Crippen molar-refractivity contribution in [2.45, 2.75) is 144 Å². The Morgan fingerprint density at radius 1 is 0.657 bits per heavy atom. The van der Waals surface area contributed by atoms with E-state index < -0.39 is 107 Å². The molecule has 340 valence electrons. The molecule has 4 aliphatic heterocycles. The van der Waals surface area contributed by atoms with Crippen LogP contribution in [0.3, 0.4) is 0 Å². The summed E-state index contributed by atoms with van der Waals surface area (Å²) in [6.45, 7) is 20.2. The first-order valence-corrected chi connectivity index (χ1v) is 23.3. The average molecular weight is 898 g/mol. The van der Waals surface area contributed by atoms with Crippen LogP contribution in [-0.2, 0) is 22.1 Å². The molecule has 2 atom stereocenters. The largest absolute Gasteiger partial charge is 0.432 e. The molecule has 7 aromatic rings. The Morgan fingerprint density at radius 2 is 1.34 bits per heavy atom. The smallest absolute Gasteiger partial charge is 0.410 e. The fraction of sp³-hybridized carbons (Fsp3) is 0.349. The Kier molecular flexibility index (Phi) is 6.38. The van der Waals surface area contributed by atoms with E-state index in [9.17, 15) is 11.0 Å². The van der Waals surface area contributed by atoms with Crippen molar-refractivity contribution in [3.63, 3.8) is 0 Å². The quantitative estimate of drug-likeness (QED) is 0.161. The molecule has 0 fully saturated rings. The van der Waals surface area contributed by atoms with Crippen LogP contribution >= 0.6 is 0 Å². The number of fused-ring (bicyclic) bond motifs is 5. The van der Waals surface area contributed by atoms with Gasteiger partial charge in [0, 0.05) is 51.0 Å². The maximum absolute atomic E-state index is 10.4. The van der Waals surface area contributed by atoms with Crippen LogP contribution in [0.4, 0.5) is 17.1 Å². The molecule has 0 saturated carbocycles. The molecule has 5 heterocycles. The predicted octanol–water partition coefficient (Wildman–Crippen LogP) is 16.4. The monoisotopic (exact) mass is 898 g/mol. The van der Waals surface area contributed by atoms with E-state index in [2.05, 4.69) is 85.4 Å². The van der Waals surface area contributed by atoms with E-state index in [0.29, 0.717) is 67.3 Å². The summed E-state index contributed by atoms with van der Waals surface area (Å²) in [5.74, 6) is -3.57. The number of nitrogens with zero attached hydrogens (tertiary/aromatic N) is 3. The minimum absolute atomic E-state index is 0.0274. The topological polar surface area (TPSA) is 19.6 Å². The average Bonchev–Trinajstić information content (AvgIpc) is 1.60. The Balaban J connectivity index is 1.30. The molecule has 0 saturated heterocycles. The van der Waals surface area contributed by atoms with E-state index in [4.69, 9.17) is 14.3 Å². The molecule has 67 heavy (non-hydrogen) atoms. The Morgan fingerprint density at radius 3 is 1.99 bits per heavy atom. The van der Waals surface area contributed by atoms with Crippen LogP contribution in [0.5, 0.6) is 5.75 Å². The summed E-state index contributed by atoms with van der Waals surface area (Å²) in [5.41, 5.74) is 6.87. The van der Waals surface area contributed by atoms with Gasteiger partial charge in [0.2, 0.25) is 5.69 Å². The first-order valence-electron chi connectivity index (χ1n) is 30.8. The summed E-state index contributed by atoms with van der Waals surface area (Å²) in [6, 6.07) is 21.0. The van der Waals surface area contributed by atoms with Crippen LogP contribution in [-0.4, -0.2) is 0 Å². The Bertz CT molecular complexity index is 3900. The number of anilines is 3. The lowest BCUT2D eigenvalue weighted by Gasteiger charge is -2.49. The van der Waals surface area contributed by atoms with Gasteiger partial charge in [0.1, 0.15) is 18.8 Å². The predicted molar refractivity (Wildman–Crippen MR) is 280 cm³/mol. The zero-order valence-corrected chi connectivity index (χ0v) is 40.8. The summed E-state index contributed by atoms with van der Waals surface area (Å²) in [6.07, 6.45) is -1.45. The van der Waals surface area contributed by atoms with Crippen LogP contribution in [0.1, 0.15) is 179 Å². The molecule has 6 aromatic carbocycles. The number of aromatic nitrogens is 1. The van der Waals surface area contributed by atoms with Crippen molar-refractivity contribution < 1.29 is 29.9 Å². The lowest BCUT2D eigenvalue weighted by atomic mass is 9.77. The second-order valence-corrected chi connectivity index (χ2v) is 22.3. The first kappa shape index (κ1) is 29.6. The van der Waals surface area contributed by atoms with Gasteiger partial charge in [-0.1, -0.05) is 162 Å². The number of benzene rings is 6. The van der Waals surface area contributed by atoms with Gasteiger partial charge in [-0.05, 0) is 128 Å². The summed E-state index contributed by atoms with van der Waals surface area (Å²) in [4.78, 5) is 4.11. The van der Waals surface area contributed by atoms with Crippen LogP contribution < -0.4 is 19.1 Å². The summed E-state index contributed by atoms with van der Waals surface area (Å²) in [5, 5.41) is 0. The molecule has 0 bridgehead atoms. The molecule has 1 aromatic heterocycles. The van der Waals surface area contributed by atoms with Crippen molar-refractivity contribution in [2.75, 3.05) is 9.80 Å². The van der Waals surface area contributed by atoms with Gasteiger partial charge in [-0.2, -0.15) is 0 Å². The van der Waals surface area contributed by atoms with E-state index in [1.54, 1.807) is 33.8 Å². The van der Waals surface area contributed by atoms with Crippen LogP contribution in [0.2, 0.25) is 0 Å². The summed E-state index contributed by atoms with van der Waals surface area (Å²) in [7, 11) is 0. The van der Waals surface area contributed by atoms with E-state index in [1.165, 1.54) is 4.57 Å². The number of rotatable bonds is 5. The van der Waals surface area contributed by atoms with Gasteiger partial charge < -0.3 is 9.64 Å². The molecule has 0 aliphatic carbocycles. The zero-order valence-electron chi connectivity index (χ0n) is 55.8. The van der Waals surface area contributed by atoms with Crippen molar-refractivity contribution in [1.82, 2.24) is 0 Å². The number of hydrogen-bond acceptors (Lipinski definition) is 3. The van der Waals surface area contributed by atoms with Gasteiger partial charge in [-0.15, -0.1) is 4.57 Å². The minimum atomic E-state index is -3.02. The third kappa shape index (κ3) is 6.41. The highest BCUT2D eigenvalue weighted by Gasteiger charge is 2.70. The van der Waals surface area contributed by atoms with E-state index in [1.807, 2.05) is 59.5 Å². The molecule has 4 nitrogen and oxygen atoms in total. The second kappa shape index (κ2) is 14.4. The molecule has 1 spiro atoms. The van der Waals surface area contributed by atoms with Gasteiger partial charge in [-0.3, -0.25) is 0 Å². The van der Waals surface area contributed by atoms with Crippen molar-refractivity contribution in [2.24, 2.45) is 0 Å². The summed E-state index contributed by atoms with van der Waals surface area (Å²) >= 11 is 0. The number of aryl methyl sites for hydroxylation is 1. The number of ether oxygens (including phenoxy) is 1.